The van der Waals surface area contributed by atoms with Crippen LogP contribution in [0.1, 0.15) is 22.3 Å². The molecule has 0 aromatic heterocycles. The highest BCUT2D eigenvalue weighted by molar-refractivity contribution is 5.44. The van der Waals surface area contributed by atoms with E-state index in [1.807, 2.05) is 26.0 Å². The van der Waals surface area contributed by atoms with Crippen molar-refractivity contribution in [1.29, 1.82) is 0 Å². The molecule has 2 rings (SSSR count). The zero-order chi connectivity index (χ0) is 14.9. The highest BCUT2D eigenvalue weighted by Crippen LogP contribution is 2.39. The number of aryl methyl sites for hydroxylation is 3. The lowest BCUT2D eigenvalue weighted by Crippen LogP contribution is -2.07. The van der Waals surface area contributed by atoms with Gasteiger partial charge in [-0.25, -0.2) is 0 Å². The van der Waals surface area contributed by atoms with Crippen LogP contribution in [0.3, 0.4) is 0 Å². The van der Waals surface area contributed by atoms with Crippen LogP contribution in [-0.4, -0.2) is 0 Å². The molecule has 0 fully saturated rings. The number of halogens is 3. The van der Waals surface area contributed by atoms with Gasteiger partial charge in [0.15, 0.2) is 0 Å². The van der Waals surface area contributed by atoms with Crippen LogP contribution in [0.5, 0.6) is 11.5 Å². The molecule has 4 heteroatoms. The molecule has 0 aliphatic rings. The molecule has 0 radical (unpaired) electrons. The van der Waals surface area contributed by atoms with Crippen molar-refractivity contribution < 1.29 is 17.9 Å². The maximum atomic E-state index is 13.0. The second kappa shape index (κ2) is 5.19. The zero-order valence-corrected chi connectivity index (χ0v) is 11.5. The fraction of sp³-hybridized carbons (Fsp3) is 0.250. The minimum absolute atomic E-state index is 0.171. The summed E-state index contributed by atoms with van der Waals surface area (Å²) in [5, 5.41) is 0. The summed E-state index contributed by atoms with van der Waals surface area (Å²) < 4.78 is 44.5. The monoisotopic (exact) mass is 280 g/mol. The molecular formula is C16H15F3O. The van der Waals surface area contributed by atoms with Gasteiger partial charge in [-0.05, 0) is 44.5 Å². The smallest absolute Gasteiger partial charge is 0.419 e. The normalized spacial score (nSPS) is 11.5. The summed E-state index contributed by atoms with van der Waals surface area (Å²) in [6.45, 7) is 5.35. The van der Waals surface area contributed by atoms with Gasteiger partial charge in [0.25, 0.3) is 0 Å². The Labute approximate surface area is 116 Å². The Morgan fingerprint density at radius 2 is 1.35 bits per heavy atom. The van der Waals surface area contributed by atoms with Crippen LogP contribution < -0.4 is 4.74 Å². The van der Waals surface area contributed by atoms with Crippen molar-refractivity contribution >= 4 is 0 Å². The van der Waals surface area contributed by atoms with E-state index < -0.39 is 11.7 Å². The van der Waals surface area contributed by atoms with Crippen LogP contribution in [0.15, 0.2) is 36.4 Å². The fourth-order valence-corrected chi connectivity index (χ4v) is 1.99. The van der Waals surface area contributed by atoms with Crippen molar-refractivity contribution in [1.82, 2.24) is 0 Å². The Kier molecular flexibility index (Phi) is 3.75. The number of benzene rings is 2. The lowest BCUT2D eigenvalue weighted by Gasteiger charge is -2.15. The summed E-state index contributed by atoms with van der Waals surface area (Å²) in [7, 11) is 0. The van der Waals surface area contributed by atoms with E-state index in [2.05, 4.69) is 0 Å². The van der Waals surface area contributed by atoms with Gasteiger partial charge in [0, 0.05) is 0 Å². The summed E-state index contributed by atoms with van der Waals surface area (Å²) in [5.74, 6) is 0.264. The average molecular weight is 280 g/mol. The van der Waals surface area contributed by atoms with Gasteiger partial charge in [-0.1, -0.05) is 29.3 Å². The quantitative estimate of drug-likeness (QED) is 0.713. The first-order valence-electron chi connectivity index (χ1n) is 6.20. The lowest BCUT2D eigenvalue weighted by molar-refractivity contribution is -0.138. The first-order valence-corrected chi connectivity index (χ1v) is 6.20. The maximum Gasteiger partial charge on any atom is 0.419 e. The van der Waals surface area contributed by atoms with E-state index in [1.54, 1.807) is 19.1 Å². The van der Waals surface area contributed by atoms with Crippen molar-refractivity contribution in [2.45, 2.75) is 26.9 Å². The summed E-state index contributed by atoms with van der Waals surface area (Å²) in [4.78, 5) is 0. The van der Waals surface area contributed by atoms with Crippen LogP contribution in [0, 0.1) is 20.8 Å². The molecule has 0 saturated carbocycles. The molecule has 0 spiro atoms. The van der Waals surface area contributed by atoms with Crippen molar-refractivity contribution in [2.75, 3.05) is 0 Å². The molecule has 0 bridgehead atoms. The van der Waals surface area contributed by atoms with Gasteiger partial charge in [0.1, 0.15) is 11.5 Å². The van der Waals surface area contributed by atoms with Crippen LogP contribution >= 0.6 is 0 Å². The number of rotatable bonds is 2. The number of hydrogen-bond acceptors (Lipinski definition) is 1. The highest BCUT2D eigenvalue weighted by Gasteiger charge is 2.34. The molecule has 106 valence electrons. The van der Waals surface area contributed by atoms with E-state index in [9.17, 15) is 13.2 Å². The largest absolute Gasteiger partial charge is 0.456 e. The topological polar surface area (TPSA) is 9.23 Å². The van der Waals surface area contributed by atoms with Gasteiger partial charge in [-0.15, -0.1) is 0 Å². The molecule has 0 unspecified atom stereocenters. The van der Waals surface area contributed by atoms with Gasteiger partial charge >= 0.3 is 6.18 Å². The second-order valence-electron chi connectivity index (χ2n) is 4.87. The van der Waals surface area contributed by atoms with Gasteiger partial charge in [0.05, 0.1) is 5.56 Å². The molecule has 0 atom stereocenters. The molecule has 0 amide bonds. The first kappa shape index (κ1) is 14.4. The van der Waals surface area contributed by atoms with Crippen molar-refractivity contribution in [3.05, 3.63) is 58.7 Å². The molecule has 0 aliphatic heterocycles. The Morgan fingerprint density at radius 1 is 0.800 bits per heavy atom. The highest BCUT2D eigenvalue weighted by atomic mass is 19.4. The van der Waals surface area contributed by atoms with Crippen LogP contribution in [0.25, 0.3) is 0 Å². The third-order valence-corrected chi connectivity index (χ3v) is 2.99. The van der Waals surface area contributed by atoms with E-state index in [1.165, 1.54) is 6.07 Å². The average Bonchev–Trinajstić information content (AvgIpc) is 2.33. The molecule has 0 saturated heterocycles. The minimum atomic E-state index is -4.43. The van der Waals surface area contributed by atoms with Gasteiger partial charge in [-0.3, -0.25) is 0 Å². The molecule has 0 N–H and O–H groups in total. The molecule has 0 heterocycles. The van der Waals surface area contributed by atoms with Crippen LogP contribution in [-0.2, 0) is 6.18 Å². The third-order valence-electron chi connectivity index (χ3n) is 2.99. The predicted molar refractivity (Wildman–Crippen MR) is 72.2 cm³/mol. The van der Waals surface area contributed by atoms with E-state index >= 15 is 0 Å². The summed E-state index contributed by atoms with van der Waals surface area (Å²) in [6.07, 6.45) is -4.43. The van der Waals surface area contributed by atoms with Gasteiger partial charge in [0.2, 0.25) is 0 Å². The van der Waals surface area contributed by atoms with Gasteiger partial charge in [-0.2, -0.15) is 13.2 Å². The SMILES string of the molecule is Cc1ccc(Oc2ccc(C)cc2C(F)(F)F)c(C)c1. The molecule has 2 aromatic rings. The van der Waals surface area contributed by atoms with E-state index in [4.69, 9.17) is 4.74 Å². The zero-order valence-electron chi connectivity index (χ0n) is 11.5. The van der Waals surface area contributed by atoms with E-state index in [0.717, 1.165) is 17.2 Å². The second-order valence-corrected chi connectivity index (χ2v) is 4.87. The van der Waals surface area contributed by atoms with Crippen LogP contribution in [0.2, 0.25) is 0 Å². The standard InChI is InChI=1S/C16H15F3O/c1-10-4-6-14(12(3)8-10)20-15-7-5-11(2)9-13(15)16(17,18)19/h4-9H,1-3H3. The Morgan fingerprint density at radius 3 is 1.90 bits per heavy atom. The molecular weight excluding hydrogens is 265 g/mol. The van der Waals surface area contributed by atoms with Crippen molar-refractivity contribution in [3.8, 4) is 11.5 Å². The van der Waals surface area contributed by atoms with Crippen LogP contribution in [0.4, 0.5) is 13.2 Å². The van der Waals surface area contributed by atoms with E-state index in [-0.39, 0.29) is 5.75 Å². The Hall–Kier alpha value is -1.97. The van der Waals surface area contributed by atoms with E-state index in [0.29, 0.717) is 11.3 Å². The minimum Gasteiger partial charge on any atom is -0.456 e. The molecule has 1 nitrogen and oxygen atoms in total. The summed E-state index contributed by atoms with van der Waals surface area (Å²) in [6, 6.07) is 9.43. The summed E-state index contributed by atoms with van der Waals surface area (Å²) >= 11 is 0. The fourth-order valence-electron chi connectivity index (χ4n) is 1.99. The Bertz CT molecular complexity index is 630. The molecule has 0 aliphatic carbocycles. The number of hydrogen-bond donors (Lipinski definition) is 0. The lowest BCUT2D eigenvalue weighted by atomic mass is 10.1. The molecule has 20 heavy (non-hydrogen) atoms. The Balaban J connectivity index is 2.43. The first-order chi connectivity index (χ1) is 9.27. The third kappa shape index (κ3) is 3.13. The van der Waals surface area contributed by atoms with Gasteiger partial charge < -0.3 is 4.74 Å². The number of alkyl halides is 3. The van der Waals surface area contributed by atoms with Crippen molar-refractivity contribution in [3.63, 3.8) is 0 Å². The number of ether oxygens (including phenoxy) is 1. The van der Waals surface area contributed by atoms with Crippen molar-refractivity contribution in [2.24, 2.45) is 0 Å². The maximum absolute atomic E-state index is 13.0. The molecule has 2 aromatic carbocycles. The predicted octanol–water partition coefficient (Wildman–Crippen LogP) is 5.42. The summed E-state index contributed by atoms with van der Waals surface area (Å²) in [5.41, 5.74) is 1.64.